The minimum atomic E-state index is 0.726. The standard InChI is InChI=1S/C12H17N3/c1-3-15(4-2)11-7-5-6-10-9(11)8-12(13)14-10/h5-8,14H,3-4,13H2,1-2H3. The number of nitrogen functional groups attached to an aromatic ring is 1. The molecule has 2 aromatic rings. The van der Waals surface area contributed by atoms with Gasteiger partial charge in [0.05, 0.1) is 0 Å². The molecule has 0 bridgehead atoms. The minimum absolute atomic E-state index is 0.726. The predicted octanol–water partition coefficient (Wildman–Crippen LogP) is 2.60. The number of fused-ring (bicyclic) bond motifs is 1. The fourth-order valence-corrected chi connectivity index (χ4v) is 2.00. The Balaban J connectivity index is 2.58. The largest absolute Gasteiger partial charge is 0.385 e. The highest BCUT2D eigenvalue weighted by atomic mass is 15.1. The molecule has 3 nitrogen and oxygen atoms in total. The molecule has 80 valence electrons. The summed E-state index contributed by atoms with van der Waals surface area (Å²) in [6.45, 7) is 6.36. The third-order valence-electron chi connectivity index (χ3n) is 2.77. The summed E-state index contributed by atoms with van der Waals surface area (Å²) in [6, 6.07) is 8.26. The Labute approximate surface area is 89.9 Å². The smallest absolute Gasteiger partial charge is 0.101 e. The third kappa shape index (κ3) is 1.65. The van der Waals surface area contributed by atoms with Crippen LogP contribution in [0.3, 0.4) is 0 Å². The number of aromatic nitrogens is 1. The van der Waals surface area contributed by atoms with Crippen molar-refractivity contribution >= 4 is 22.4 Å². The average Bonchev–Trinajstić information content (AvgIpc) is 2.61. The van der Waals surface area contributed by atoms with E-state index < -0.39 is 0 Å². The molecule has 0 amide bonds. The van der Waals surface area contributed by atoms with Crippen molar-refractivity contribution in [3.8, 4) is 0 Å². The lowest BCUT2D eigenvalue weighted by atomic mass is 10.2. The molecule has 2 rings (SSSR count). The fourth-order valence-electron chi connectivity index (χ4n) is 2.00. The van der Waals surface area contributed by atoms with E-state index in [-0.39, 0.29) is 0 Å². The number of nitrogens with zero attached hydrogens (tertiary/aromatic N) is 1. The number of rotatable bonds is 3. The lowest BCUT2D eigenvalue weighted by molar-refractivity contribution is 0.871. The first-order chi connectivity index (χ1) is 7.26. The molecule has 15 heavy (non-hydrogen) atoms. The van der Waals surface area contributed by atoms with E-state index in [1.807, 2.05) is 6.07 Å². The van der Waals surface area contributed by atoms with Crippen LogP contribution in [0.4, 0.5) is 11.5 Å². The Kier molecular flexibility index (Phi) is 2.54. The summed E-state index contributed by atoms with van der Waals surface area (Å²) in [4.78, 5) is 5.48. The van der Waals surface area contributed by atoms with Gasteiger partial charge in [-0.3, -0.25) is 0 Å². The van der Waals surface area contributed by atoms with Gasteiger partial charge >= 0.3 is 0 Å². The molecule has 0 fully saturated rings. The molecule has 0 saturated heterocycles. The van der Waals surface area contributed by atoms with Crippen molar-refractivity contribution in [2.75, 3.05) is 23.7 Å². The van der Waals surface area contributed by atoms with Gasteiger partial charge in [0.1, 0.15) is 5.82 Å². The molecule has 1 aromatic carbocycles. The van der Waals surface area contributed by atoms with Gasteiger partial charge in [-0.1, -0.05) is 6.07 Å². The number of hydrogen-bond donors (Lipinski definition) is 2. The molecule has 0 saturated carbocycles. The minimum Gasteiger partial charge on any atom is -0.385 e. The SMILES string of the molecule is CCN(CC)c1cccc2[nH]c(N)cc12. The van der Waals surface area contributed by atoms with Gasteiger partial charge in [0.25, 0.3) is 0 Å². The highest BCUT2D eigenvalue weighted by Crippen LogP contribution is 2.27. The predicted molar refractivity (Wildman–Crippen MR) is 66.3 cm³/mol. The number of benzene rings is 1. The molecule has 3 heteroatoms. The summed E-state index contributed by atoms with van der Waals surface area (Å²) in [5.41, 5.74) is 8.13. The molecular formula is C12H17N3. The van der Waals surface area contributed by atoms with Crippen molar-refractivity contribution < 1.29 is 0 Å². The summed E-state index contributed by atoms with van der Waals surface area (Å²) in [5, 5.41) is 1.21. The quantitative estimate of drug-likeness (QED) is 0.805. The number of H-pyrrole nitrogens is 1. The zero-order valence-corrected chi connectivity index (χ0v) is 9.25. The van der Waals surface area contributed by atoms with Gasteiger partial charge in [-0.05, 0) is 32.0 Å². The van der Waals surface area contributed by atoms with E-state index >= 15 is 0 Å². The van der Waals surface area contributed by atoms with E-state index in [1.165, 1.54) is 11.1 Å². The Morgan fingerprint density at radius 1 is 1.27 bits per heavy atom. The van der Waals surface area contributed by atoms with Gasteiger partial charge in [0, 0.05) is 29.7 Å². The first kappa shape index (κ1) is 9.90. The van der Waals surface area contributed by atoms with E-state index in [0.29, 0.717) is 0 Å². The normalized spacial score (nSPS) is 10.8. The van der Waals surface area contributed by atoms with Crippen molar-refractivity contribution in [3.05, 3.63) is 24.3 Å². The van der Waals surface area contributed by atoms with Gasteiger partial charge in [0.2, 0.25) is 0 Å². The molecule has 0 aliphatic rings. The molecule has 0 atom stereocenters. The molecule has 1 heterocycles. The highest BCUT2D eigenvalue weighted by molar-refractivity contribution is 5.94. The van der Waals surface area contributed by atoms with Gasteiger partial charge in [-0.15, -0.1) is 0 Å². The van der Waals surface area contributed by atoms with Crippen LogP contribution in [-0.4, -0.2) is 18.1 Å². The van der Waals surface area contributed by atoms with Crippen molar-refractivity contribution in [1.82, 2.24) is 4.98 Å². The van der Waals surface area contributed by atoms with Gasteiger partial charge in [-0.25, -0.2) is 0 Å². The van der Waals surface area contributed by atoms with Crippen molar-refractivity contribution in [1.29, 1.82) is 0 Å². The van der Waals surface area contributed by atoms with Crippen LogP contribution < -0.4 is 10.6 Å². The van der Waals surface area contributed by atoms with E-state index in [9.17, 15) is 0 Å². The maximum absolute atomic E-state index is 5.77. The van der Waals surface area contributed by atoms with Crippen LogP contribution in [0.2, 0.25) is 0 Å². The Morgan fingerprint density at radius 2 is 2.00 bits per heavy atom. The number of nitrogens with two attached hydrogens (primary N) is 1. The third-order valence-corrected chi connectivity index (χ3v) is 2.77. The molecule has 0 unspecified atom stereocenters. The molecule has 0 aliphatic heterocycles. The summed E-state index contributed by atoms with van der Waals surface area (Å²) in [7, 11) is 0. The summed E-state index contributed by atoms with van der Waals surface area (Å²) in [5.74, 6) is 0.726. The number of aromatic amines is 1. The van der Waals surface area contributed by atoms with Gasteiger partial charge < -0.3 is 15.6 Å². The first-order valence-corrected chi connectivity index (χ1v) is 5.38. The van der Waals surface area contributed by atoms with Crippen LogP contribution >= 0.6 is 0 Å². The molecule has 3 N–H and O–H groups in total. The Morgan fingerprint density at radius 3 is 2.67 bits per heavy atom. The van der Waals surface area contributed by atoms with Gasteiger partial charge in [0.15, 0.2) is 0 Å². The van der Waals surface area contributed by atoms with Crippen molar-refractivity contribution in [2.45, 2.75) is 13.8 Å². The number of anilines is 2. The molecule has 1 aromatic heterocycles. The molecule has 0 spiro atoms. The number of nitrogens with one attached hydrogen (secondary N) is 1. The van der Waals surface area contributed by atoms with Crippen LogP contribution in [0.1, 0.15) is 13.8 Å². The van der Waals surface area contributed by atoms with E-state index in [1.54, 1.807) is 0 Å². The zero-order chi connectivity index (χ0) is 10.8. The average molecular weight is 203 g/mol. The topological polar surface area (TPSA) is 45.0 Å². The summed E-state index contributed by atoms with van der Waals surface area (Å²) < 4.78 is 0. The first-order valence-electron chi connectivity index (χ1n) is 5.38. The van der Waals surface area contributed by atoms with E-state index in [4.69, 9.17) is 5.73 Å². The van der Waals surface area contributed by atoms with Crippen molar-refractivity contribution in [3.63, 3.8) is 0 Å². The monoisotopic (exact) mass is 203 g/mol. The summed E-state index contributed by atoms with van der Waals surface area (Å²) >= 11 is 0. The molecule has 0 aliphatic carbocycles. The zero-order valence-electron chi connectivity index (χ0n) is 9.25. The second-order valence-electron chi connectivity index (χ2n) is 3.64. The number of hydrogen-bond acceptors (Lipinski definition) is 2. The second kappa shape index (κ2) is 3.85. The lowest BCUT2D eigenvalue weighted by Crippen LogP contribution is -2.21. The van der Waals surface area contributed by atoms with Gasteiger partial charge in [-0.2, -0.15) is 0 Å². The Hall–Kier alpha value is -1.64. The van der Waals surface area contributed by atoms with E-state index in [2.05, 4.69) is 41.9 Å². The molecular weight excluding hydrogens is 186 g/mol. The maximum atomic E-state index is 5.77. The van der Waals surface area contributed by atoms with Crippen LogP contribution in [0.15, 0.2) is 24.3 Å². The van der Waals surface area contributed by atoms with Crippen LogP contribution in [0, 0.1) is 0 Å². The van der Waals surface area contributed by atoms with Crippen molar-refractivity contribution in [2.24, 2.45) is 0 Å². The second-order valence-corrected chi connectivity index (χ2v) is 3.64. The Bertz CT molecular complexity index is 455. The van der Waals surface area contributed by atoms with Crippen LogP contribution in [0.25, 0.3) is 10.9 Å². The maximum Gasteiger partial charge on any atom is 0.101 e. The fraction of sp³-hybridized carbons (Fsp3) is 0.333. The van der Waals surface area contributed by atoms with Crippen LogP contribution in [-0.2, 0) is 0 Å². The highest BCUT2D eigenvalue weighted by Gasteiger charge is 2.07. The van der Waals surface area contributed by atoms with Crippen LogP contribution in [0.5, 0.6) is 0 Å². The molecule has 0 radical (unpaired) electrons. The lowest BCUT2D eigenvalue weighted by Gasteiger charge is -2.21. The van der Waals surface area contributed by atoms with E-state index in [0.717, 1.165) is 24.4 Å². The summed E-state index contributed by atoms with van der Waals surface area (Å²) in [6.07, 6.45) is 0.